The highest BCUT2D eigenvalue weighted by molar-refractivity contribution is 7.99. The van der Waals surface area contributed by atoms with E-state index in [2.05, 4.69) is 26.6 Å². The van der Waals surface area contributed by atoms with E-state index < -0.39 is 11.9 Å². The lowest BCUT2D eigenvalue weighted by molar-refractivity contribution is -0.159. The molecule has 0 spiro atoms. The van der Waals surface area contributed by atoms with Crippen molar-refractivity contribution in [2.45, 2.75) is 44.5 Å². The number of carbonyl (C=O) groups is 2. The Morgan fingerprint density at radius 3 is 2.32 bits per heavy atom. The molecule has 0 aliphatic carbocycles. The molecule has 2 aromatic rings. The maximum atomic E-state index is 9.10. The number of hydrogen-bond acceptors (Lipinski definition) is 7. The molecule has 0 saturated carbocycles. The zero-order valence-electron chi connectivity index (χ0n) is 17.4. The molecule has 1 aliphatic rings. The quantitative estimate of drug-likeness (QED) is 0.442. The largest absolute Gasteiger partial charge is 0.486 e. The molecule has 0 bridgehead atoms. The Labute approximate surface area is 190 Å². The van der Waals surface area contributed by atoms with Crippen LogP contribution in [0.15, 0.2) is 29.4 Å². The van der Waals surface area contributed by atoms with Crippen LogP contribution in [0.2, 0.25) is 5.02 Å². The lowest BCUT2D eigenvalue weighted by atomic mass is 10.1. The number of aromatic nitrogens is 3. The molecule has 1 aromatic carbocycles. The Bertz CT molecular complexity index is 829. The molecule has 1 aromatic heterocycles. The number of carboxylic acids is 2. The number of thioether (sulfide) groups is 1. The van der Waals surface area contributed by atoms with Gasteiger partial charge < -0.3 is 24.4 Å². The monoisotopic (exact) mass is 470 g/mol. The summed E-state index contributed by atoms with van der Waals surface area (Å²) in [5.74, 6) is -0.951. The molecule has 1 aliphatic heterocycles. The molecular weight excluding hydrogens is 444 g/mol. The summed E-state index contributed by atoms with van der Waals surface area (Å²) in [7, 11) is 0. The summed E-state index contributed by atoms with van der Waals surface area (Å²) in [6.45, 7) is 6.97. The molecule has 1 saturated heterocycles. The van der Waals surface area contributed by atoms with Gasteiger partial charge in [0, 0.05) is 23.9 Å². The van der Waals surface area contributed by atoms with Crippen LogP contribution in [0.1, 0.15) is 32.0 Å². The minimum atomic E-state index is -1.82. The molecule has 2 heterocycles. The van der Waals surface area contributed by atoms with E-state index in [1.54, 1.807) is 11.8 Å². The third-order valence-corrected chi connectivity index (χ3v) is 5.76. The van der Waals surface area contributed by atoms with Gasteiger partial charge in [0.25, 0.3) is 0 Å². The van der Waals surface area contributed by atoms with E-state index in [0.717, 1.165) is 35.6 Å². The first-order valence-corrected chi connectivity index (χ1v) is 11.4. The van der Waals surface area contributed by atoms with Crippen molar-refractivity contribution in [1.29, 1.82) is 0 Å². The van der Waals surface area contributed by atoms with Gasteiger partial charge in [-0.3, -0.25) is 0 Å². The number of rotatable bonds is 8. The van der Waals surface area contributed by atoms with Crippen LogP contribution in [0.5, 0.6) is 5.75 Å². The van der Waals surface area contributed by atoms with E-state index in [-0.39, 0.29) is 0 Å². The SMILES string of the molecule is CCn1c(COc2ccc(Cl)cc2)nnc1SCCN1CCCCC1.O=C(O)C(=O)O. The van der Waals surface area contributed by atoms with Crippen molar-refractivity contribution in [3.05, 3.63) is 35.1 Å². The van der Waals surface area contributed by atoms with Crippen molar-refractivity contribution in [2.75, 3.05) is 25.4 Å². The zero-order valence-corrected chi connectivity index (χ0v) is 18.9. The van der Waals surface area contributed by atoms with Gasteiger partial charge in [-0.1, -0.05) is 29.8 Å². The normalized spacial score (nSPS) is 13.9. The Kier molecular flexibility index (Phi) is 10.6. The third-order valence-electron chi connectivity index (χ3n) is 4.56. The molecule has 0 atom stereocenters. The average molecular weight is 471 g/mol. The highest BCUT2D eigenvalue weighted by Gasteiger charge is 2.14. The van der Waals surface area contributed by atoms with Crippen molar-refractivity contribution < 1.29 is 24.5 Å². The minimum Gasteiger partial charge on any atom is -0.486 e. The van der Waals surface area contributed by atoms with E-state index in [4.69, 9.17) is 36.1 Å². The predicted molar refractivity (Wildman–Crippen MR) is 118 cm³/mol. The summed E-state index contributed by atoms with van der Waals surface area (Å²) in [5, 5.41) is 25.1. The molecule has 0 radical (unpaired) electrons. The van der Waals surface area contributed by atoms with E-state index in [1.807, 2.05) is 24.3 Å². The molecule has 11 heteroatoms. The number of aliphatic carboxylic acids is 2. The van der Waals surface area contributed by atoms with Crippen LogP contribution in [0, 0.1) is 0 Å². The van der Waals surface area contributed by atoms with E-state index >= 15 is 0 Å². The van der Waals surface area contributed by atoms with Crippen molar-refractivity contribution >= 4 is 35.3 Å². The second kappa shape index (κ2) is 13.2. The summed E-state index contributed by atoms with van der Waals surface area (Å²) < 4.78 is 7.94. The van der Waals surface area contributed by atoms with E-state index in [9.17, 15) is 0 Å². The highest BCUT2D eigenvalue weighted by atomic mass is 35.5. The fourth-order valence-corrected chi connectivity index (χ4v) is 4.12. The van der Waals surface area contributed by atoms with Crippen molar-refractivity contribution in [3.63, 3.8) is 0 Å². The number of benzene rings is 1. The van der Waals surface area contributed by atoms with Gasteiger partial charge >= 0.3 is 11.9 Å². The number of piperidine rings is 1. The first kappa shape index (κ1) is 25.0. The summed E-state index contributed by atoms with van der Waals surface area (Å²) >= 11 is 7.68. The van der Waals surface area contributed by atoms with Crippen molar-refractivity contribution in [3.8, 4) is 5.75 Å². The molecule has 3 rings (SSSR count). The second-order valence-electron chi connectivity index (χ2n) is 6.75. The molecule has 31 heavy (non-hydrogen) atoms. The van der Waals surface area contributed by atoms with Gasteiger partial charge in [0.05, 0.1) is 0 Å². The second-order valence-corrected chi connectivity index (χ2v) is 8.25. The van der Waals surface area contributed by atoms with Gasteiger partial charge in [-0.25, -0.2) is 9.59 Å². The summed E-state index contributed by atoms with van der Waals surface area (Å²) in [4.78, 5) is 20.7. The van der Waals surface area contributed by atoms with Gasteiger partial charge in [0.15, 0.2) is 11.0 Å². The molecule has 2 N–H and O–H groups in total. The topological polar surface area (TPSA) is 118 Å². The van der Waals surface area contributed by atoms with Gasteiger partial charge in [0.1, 0.15) is 12.4 Å². The molecule has 0 unspecified atom stereocenters. The first-order chi connectivity index (χ1) is 14.9. The van der Waals surface area contributed by atoms with Crippen LogP contribution in [0.25, 0.3) is 0 Å². The maximum absolute atomic E-state index is 9.10. The summed E-state index contributed by atoms with van der Waals surface area (Å²) in [5.41, 5.74) is 0. The number of carboxylic acid groups (broad SMARTS) is 2. The van der Waals surface area contributed by atoms with Crippen molar-refractivity contribution in [1.82, 2.24) is 19.7 Å². The van der Waals surface area contributed by atoms with Gasteiger partial charge in [-0.15, -0.1) is 10.2 Å². The zero-order chi connectivity index (χ0) is 22.6. The van der Waals surface area contributed by atoms with E-state index in [1.165, 1.54) is 32.4 Å². The molecular formula is C20H27ClN4O5S. The van der Waals surface area contributed by atoms with Crippen LogP contribution in [-0.2, 0) is 22.7 Å². The molecule has 170 valence electrons. The fraction of sp³-hybridized carbons (Fsp3) is 0.500. The van der Waals surface area contributed by atoms with Crippen LogP contribution < -0.4 is 4.74 Å². The van der Waals surface area contributed by atoms with Gasteiger partial charge in [-0.2, -0.15) is 0 Å². The minimum absolute atomic E-state index is 0.412. The predicted octanol–water partition coefficient (Wildman–Crippen LogP) is 3.26. The first-order valence-electron chi connectivity index (χ1n) is 10.0. The average Bonchev–Trinajstić information content (AvgIpc) is 3.16. The smallest absolute Gasteiger partial charge is 0.414 e. The lowest BCUT2D eigenvalue weighted by Gasteiger charge is -2.25. The Morgan fingerprint density at radius 2 is 1.74 bits per heavy atom. The standard InChI is InChI=1S/C18H25ClN4OS.C2H2O4/c1-2-23-17(14-24-16-8-6-15(19)7-9-16)20-21-18(23)25-13-12-22-10-4-3-5-11-22;3-1(4)2(5)6/h6-9H,2-5,10-14H2,1H3;(H,3,4)(H,5,6). The Morgan fingerprint density at radius 1 is 1.10 bits per heavy atom. The van der Waals surface area contributed by atoms with Crippen LogP contribution >= 0.6 is 23.4 Å². The van der Waals surface area contributed by atoms with Crippen LogP contribution in [0.4, 0.5) is 0 Å². The van der Waals surface area contributed by atoms with Crippen LogP contribution in [0.3, 0.4) is 0 Å². The summed E-state index contributed by atoms with van der Waals surface area (Å²) in [6, 6.07) is 7.37. The molecule has 9 nitrogen and oxygen atoms in total. The lowest BCUT2D eigenvalue weighted by Crippen LogP contribution is -2.31. The maximum Gasteiger partial charge on any atom is 0.414 e. The summed E-state index contributed by atoms with van der Waals surface area (Å²) in [6.07, 6.45) is 4.05. The van der Waals surface area contributed by atoms with Crippen LogP contribution in [-0.4, -0.2) is 67.2 Å². The van der Waals surface area contributed by atoms with Crippen molar-refractivity contribution in [2.24, 2.45) is 0 Å². The molecule has 0 amide bonds. The molecule has 1 fully saturated rings. The third kappa shape index (κ3) is 8.76. The number of nitrogens with zero attached hydrogens (tertiary/aromatic N) is 4. The Balaban J connectivity index is 0.000000501. The van der Waals surface area contributed by atoms with Gasteiger partial charge in [0.2, 0.25) is 0 Å². The number of halogens is 1. The highest BCUT2D eigenvalue weighted by Crippen LogP contribution is 2.20. The fourth-order valence-electron chi connectivity index (χ4n) is 2.98. The van der Waals surface area contributed by atoms with E-state index in [0.29, 0.717) is 11.6 Å². The number of hydrogen-bond donors (Lipinski definition) is 2. The van der Waals surface area contributed by atoms with Gasteiger partial charge in [-0.05, 0) is 57.1 Å². The Hall–Kier alpha value is -2.30. The number of likely N-dealkylation sites (tertiary alicyclic amines) is 1. The number of ether oxygens (including phenoxy) is 1.